The molecule has 113 heavy (non-hydrogen) atoms. The number of aromatic nitrogens is 1. The minimum Gasteiger partial charge on any atom is -0.312 e. The molecular formula is C111H68N2. The van der Waals surface area contributed by atoms with E-state index >= 15 is 0 Å². The van der Waals surface area contributed by atoms with Crippen LogP contribution in [0.4, 0.5) is 11.4 Å². The van der Waals surface area contributed by atoms with Gasteiger partial charge in [0.25, 0.3) is 0 Å². The van der Waals surface area contributed by atoms with Crippen molar-refractivity contribution < 1.29 is 0 Å². The molecular weight excluding hydrogens is 1360 g/mol. The van der Waals surface area contributed by atoms with Crippen molar-refractivity contribution in [3.05, 3.63) is 438 Å². The number of allylic oxidation sites excluding steroid dienone is 4. The summed E-state index contributed by atoms with van der Waals surface area (Å²) in [5.74, 6) is 0. The Balaban J connectivity index is 0.799. The lowest BCUT2D eigenvalue weighted by Crippen LogP contribution is -2.42. The highest BCUT2D eigenvalue weighted by Crippen LogP contribution is 2.70. The summed E-state index contributed by atoms with van der Waals surface area (Å²) in [7, 11) is 0. The van der Waals surface area contributed by atoms with Gasteiger partial charge in [0.1, 0.15) is 0 Å². The van der Waals surface area contributed by atoms with Gasteiger partial charge < -0.3 is 9.47 Å². The number of para-hydroxylation sites is 5. The zero-order chi connectivity index (χ0) is 73.7. The highest BCUT2D eigenvalue weighted by atomic mass is 15.2. The van der Waals surface area contributed by atoms with Gasteiger partial charge in [-0.25, -0.2) is 0 Å². The minimum atomic E-state index is -0.644. The normalized spacial score (nSPS) is 17.6. The average Bonchev–Trinajstić information content (AvgIpc) is 1.51. The molecule has 3 aliphatic heterocycles. The molecule has 2 spiro atoms. The average molecular weight is 1430 g/mol. The van der Waals surface area contributed by atoms with E-state index in [1.54, 1.807) is 0 Å². The van der Waals surface area contributed by atoms with Crippen LogP contribution in [0, 0.1) is 0 Å². The number of hydrogen-bond acceptors (Lipinski definition) is 1. The van der Waals surface area contributed by atoms with Gasteiger partial charge in [-0.3, -0.25) is 0 Å². The van der Waals surface area contributed by atoms with Crippen LogP contribution in [0.15, 0.2) is 393 Å². The lowest BCUT2D eigenvalue weighted by atomic mass is 9.60. The topological polar surface area (TPSA) is 8.17 Å². The van der Waals surface area contributed by atoms with E-state index in [-0.39, 0.29) is 5.41 Å². The predicted octanol–water partition coefficient (Wildman–Crippen LogP) is 28.7. The summed E-state index contributed by atoms with van der Waals surface area (Å²) in [6.07, 6.45) is 5.93. The molecule has 0 saturated heterocycles. The number of hydrogen-bond donors (Lipinski definition) is 0. The second-order valence-corrected chi connectivity index (χ2v) is 32.4. The van der Waals surface area contributed by atoms with E-state index in [1.807, 2.05) is 0 Å². The van der Waals surface area contributed by atoms with Crippen molar-refractivity contribution in [1.82, 2.24) is 4.57 Å². The smallest absolute Gasteiger partial charge is 0.0754 e. The largest absolute Gasteiger partial charge is 0.312 e. The monoisotopic (exact) mass is 1430 g/mol. The maximum atomic E-state index is 2.63. The summed E-state index contributed by atoms with van der Waals surface area (Å²) in [4.78, 5) is 2.63. The van der Waals surface area contributed by atoms with Gasteiger partial charge in [0.15, 0.2) is 0 Å². The second-order valence-electron chi connectivity index (χ2n) is 32.4. The van der Waals surface area contributed by atoms with E-state index < -0.39 is 10.8 Å². The summed E-state index contributed by atoms with van der Waals surface area (Å²) in [5, 5.41) is 17.1. The quantitative estimate of drug-likeness (QED) is 0.156. The van der Waals surface area contributed by atoms with E-state index in [1.165, 1.54) is 237 Å². The Morgan fingerprint density at radius 2 is 0.637 bits per heavy atom. The first kappa shape index (κ1) is 61.7. The Bertz CT molecular complexity index is 7690. The van der Waals surface area contributed by atoms with E-state index in [0.717, 1.165) is 6.42 Å². The van der Waals surface area contributed by atoms with Crippen molar-refractivity contribution in [1.29, 1.82) is 0 Å². The van der Waals surface area contributed by atoms with Gasteiger partial charge in [0.2, 0.25) is 0 Å². The molecule has 0 fully saturated rings. The number of benzene rings is 19. The third-order valence-electron chi connectivity index (χ3n) is 27.3. The minimum absolute atomic E-state index is 0.239. The van der Waals surface area contributed by atoms with Gasteiger partial charge >= 0.3 is 0 Å². The number of fused-ring (bicyclic) bond motifs is 30. The SMILES string of the molecule is CC12CC=CC3=C1N(c1ccccc12)c1ccccc1C31c2ccccc2-c2c(-c3cccc4c(-c5c6cccc(-c7ccc8ccccc8c7)c6cc6c(-c7ccc8ccccc8c7)cccc56)c5cccc(-c6cccc7c6-c6ccccc6C76c7ccccc7-n7c8ccccc8c8cccc6c87)c5cc34)cccc21. The maximum absolute atomic E-state index is 2.63. The summed E-state index contributed by atoms with van der Waals surface area (Å²) in [5.41, 5.74) is 35.3. The molecule has 19 aromatic carbocycles. The molecule has 0 amide bonds. The molecule has 0 radical (unpaired) electrons. The summed E-state index contributed by atoms with van der Waals surface area (Å²) >= 11 is 0. The molecule has 2 nitrogen and oxygen atoms in total. The molecule has 20 aromatic rings. The van der Waals surface area contributed by atoms with Gasteiger partial charge in [0.05, 0.1) is 38.9 Å². The van der Waals surface area contributed by atoms with Crippen molar-refractivity contribution in [3.63, 3.8) is 0 Å². The molecule has 2 heteroatoms. The third-order valence-corrected chi connectivity index (χ3v) is 27.3. The lowest BCUT2D eigenvalue weighted by molar-refractivity contribution is 0.547. The number of rotatable bonds is 5. The maximum Gasteiger partial charge on any atom is 0.0754 e. The predicted molar refractivity (Wildman–Crippen MR) is 472 cm³/mol. The molecule has 26 rings (SSSR count). The molecule has 3 aliphatic carbocycles. The Morgan fingerprint density at radius 1 is 0.248 bits per heavy atom. The molecule has 522 valence electrons. The van der Waals surface area contributed by atoms with Crippen LogP contribution in [0.5, 0.6) is 0 Å². The summed E-state index contributed by atoms with van der Waals surface area (Å²) in [6.45, 7) is 2.50. The summed E-state index contributed by atoms with van der Waals surface area (Å²) in [6, 6.07) is 143. The number of nitrogens with zero attached hydrogens (tertiary/aromatic N) is 2. The highest BCUT2D eigenvalue weighted by Gasteiger charge is 2.59. The van der Waals surface area contributed by atoms with Crippen LogP contribution in [0.25, 0.3) is 170 Å². The standard InChI is InChI=1S/C111H68N2/c1-109-61-25-52-98-108(109)113(100-54-15-11-46-92(100)109)102-56-17-13-48-94(102)111(98)91-45-10-7-32-85(91)104-78(42-23-50-96(104)111)75-36-21-40-82-89(75)65-88-74(77-41-22-49-95-103(77)84-31-6-9-44-90(84)110(95)93-47-12-16-55-101(93)112-99-53-14-8-30-76(99)83-43-24-51-97(110)107(83)112)35-20-39-81(88)106(82)105-79-37-18-33-72(70-59-57-66-26-2-4-28-68(66)62-70)86(79)64-87-73(34-19-38-80(87)105)71-60-58-67-27-3-5-29-69(67)63-71/h2-60,62-65H,61H2,1H3. The third kappa shape index (κ3) is 7.73. The first-order chi connectivity index (χ1) is 56.0. The zero-order valence-electron chi connectivity index (χ0n) is 62.0. The lowest BCUT2D eigenvalue weighted by Gasteiger charge is -2.47. The second kappa shape index (κ2) is 22.3. The number of anilines is 2. The van der Waals surface area contributed by atoms with E-state index in [4.69, 9.17) is 0 Å². The van der Waals surface area contributed by atoms with Crippen LogP contribution in [-0.4, -0.2) is 4.57 Å². The van der Waals surface area contributed by atoms with Gasteiger partial charge in [-0.05, 0) is 254 Å². The van der Waals surface area contributed by atoms with Gasteiger partial charge in [-0.15, -0.1) is 0 Å². The fourth-order valence-electron chi connectivity index (χ4n) is 23.0. The molecule has 3 unspecified atom stereocenters. The van der Waals surface area contributed by atoms with Crippen molar-refractivity contribution in [2.45, 2.75) is 29.6 Å². The van der Waals surface area contributed by atoms with E-state index in [9.17, 15) is 0 Å². The summed E-state index contributed by atoms with van der Waals surface area (Å²) < 4.78 is 2.56. The Morgan fingerprint density at radius 3 is 1.23 bits per heavy atom. The zero-order valence-corrected chi connectivity index (χ0v) is 62.0. The van der Waals surface area contributed by atoms with Crippen LogP contribution in [0.1, 0.15) is 57.9 Å². The van der Waals surface area contributed by atoms with Crippen molar-refractivity contribution in [2.75, 3.05) is 4.90 Å². The fourth-order valence-corrected chi connectivity index (χ4v) is 23.0. The Hall–Kier alpha value is -14.2. The van der Waals surface area contributed by atoms with Gasteiger partial charge in [0, 0.05) is 21.9 Å². The van der Waals surface area contributed by atoms with Gasteiger partial charge in [-0.1, -0.05) is 334 Å². The highest BCUT2D eigenvalue weighted by molar-refractivity contribution is 6.29. The van der Waals surface area contributed by atoms with E-state index in [2.05, 4.69) is 399 Å². The molecule has 0 N–H and O–H groups in total. The Kier molecular flexibility index (Phi) is 12.2. The van der Waals surface area contributed by atoms with E-state index in [0.29, 0.717) is 0 Å². The van der Waals surface area contributed by atoms with Crippen molar-refractivity contribution in [2.24, 2.45) is 0 Å². The molecule has 0 saturated carbocycles. The van der Waals surface area contributed by atoms with Crippen LogP contribution >= 0.6 is 0 Å². The van der Waals surface area contributed by atoms with Crippen LogP contribution in [-0.2, 0) is 16.2 Å². The van der Waals surface area contributed by atoms with Crippen molar-refractivity contribution in [3.8, 4) is 83.6 Å². The Labute approximate surface area is 654 Å². The van der Waals surface area contributed by atoms with Crippen LogP contribution < -0.4 is 4.90 Å². The first-order valence-electron chi connectivity index (χ1n) is 39.9. The molecule has 4 heterocycles. The van der Waals surface area contributed by atoms with Crippen molar-refractivity contribution >= 4 is 97.8 Å². The first-order valence-corrected chi connectivity index (χ1v) is 39.9. The fraction of sp³-hybridized carbons (Fsp3) is 0.0450. The van der Waals surface area contributed by atoms with Gasteiger partial charge in [-0.2, -0.15) is 0 Å². The molecule has 0 bridgehead atoms. The van der Waals surface area contributed by atoms with Crippen LogP contribution in [0.2, 0.25) is 0 Å². The van der Waals surface area contributed by atoms with Crippen LogP contribution in [0.3, 0.4) is 0 Å². The molecule has 3 atom stereocenters. The molecule has 1 aromatic heterocycles. The molecule has 6 aliphatic rings.